The van der Waals surface area contributed by atoms with E-state index in [0.29, 0.717) is 6.61 Å². The van der Waals surface area contributed by atoms with E-state index in [4.69, 9.17) is 5.11 Å². The number of rotatable bonds is 9. The van der Waals surface area contributed by atoms with Crippen molar-refractivity contribution in [1.82, 2.24) is 0 Å². The van der Waals surface area contributed by atoms with Gasteiger partial charge in [-0.3, -0.25) is 0 Å². The molecule has 5 nitrogen and oxygen atoms in total. The Hall–Kier alpha value is -1.39. The number of allylic oxidation sites excluding steroid dienone is 1. The Morgan fingerprint density at radius 1 is 1.24 bits per heavy atom. The first-order valence-electron chi connectivity index (χ1n) is 5.99. The topological polar surface area (TPSA) is 76.0 Å². The first-order chi connectivity index (χ1) is 8.18. The lowest BCUT2D eigenvalue weighted by molar-refractivity contribution is -0.131. The minimum atomic E-state index is -0.891. The fourth-order valence-electron chi connectivity index (χ4n) is 1.13. The maximum atomic E-state index is 9.51. The van der Waals surface area contributed by atoms with Crippen molar-refractivity contribution in [3.63, 3.8) is 0 Å². The van der Waals surface area contributed by atoms with E-state index in [1.807, 2.05) is 0 Å². The zero-order chi connectivity index (χ0) is 13.4. The molecule has 0 unspecified atom stereocenters. The lowest BCUT2D eigenvalue weighted by atomic mass is 10.1. The molecule has 1 N–H and O–H groups in total. The van der Waals surface area contributed by atoms with Crippen LogP contribution in [0.25, 0.3) is 0 Å². The van der Waals surface area contributed by atoms with Gasteiger partial charge < -0.3 is 9.94 Å². The molecule has 0 spiro atoms. The number of aliphatic carboxylic acids is 1. The quantitative estimate of drug-likeness (QED) is 0.291. The maximum Gasteiger partial charge on any atom is 0.327 e. The minimum Gasteiger partial charge on any atom is -0.478 e. The highest BCUT2D eigenvalue weighted by Crippen LogP contribution is 2.04. The normalized spacial score (nSPS) is 9.53. The fraction of sp³-hybridized carbons (Fsp3) is 0.750. The Kier molecular flexibility index (Phi) is 18.0. The number of carbonyl (C=O) groups is 1. The third-order valence-electron chi connectivity index (χ3n) is 1.95. The van der Waals surface area contributed by atoms with Crippen molar-refractivity contribution >= 4 is 5.97 Å². The molecule has 0 aromatic carbocycles. The molecular weight excluding hydrogens is 222 g/mol. The van der Waals surface area contributed by atoms with Gasteiger partial charge in [-0.1, -0.05) is 38.7 Å². The highest BCUT2D eigenvalue weighted by molar-refractivity contribution is 5.79. The summed E-state index contributed by atoms with van der Waals surface area (Å²) in [5.41, 5.74) is 0. The van der Waals surface area contributed by atoms with Gasteiger partial charge in [-0.2, -0.15) is 0 Å². The van der Waals surface area contributed by atoms with Crippen molar-refractivity contribution in [3.8, 4) is 0 Å². The Morgan fingerprint density at radius 3 is 2.24 bits per heavy atom. The summed E-state index contributed by atoms with van der Waals surface area (Å²) >= 11 is 0. The largest absolute Gasteiger partial charge is 0.478 e. The lowest BCUT2D eigenvalue weighted by Gasteiger charge is -1.97. The standard InChI is InChI=1S/C8H17NO2.C4H6O2/c1-2-3-4-5-6-7-8-11-9-10;1-2-3-4(5)6/h2-8H2,1H3;2-3H,1H3,(H,5,6)/b;3-2+. The maximum absolute atomic E-state index is 9.51. The monoisotopic (exact) mass is 245 g/mol. The summed E-state index contributed by atoms with van der Waals surface area (Å²) < 4.78 is 0. The number of unbranched alkanes of at least 4 members (excludes halogenated alkanes) is 5. The van der Waals surface area contributed by atoms with Gasteiger partial charge in [0.15, 0.2) is 5.34 Å². The molecule has 17 heavy (non-hydrogen) atoms. The van der Waals surface area contributed by atoms with E-state index in [1.165, 1.54) is 31.8 Å². The molecule has 0 heterocycles. The summed E-state index contributed by atoms with van der Waals surface area (Å²) in [6.07, 6.45) is 9.79. The van der Waals surface area contributed by atoms with Crippen LogP contribution in [-0.2, 0) is 9.63 Å². The van der Waals surface area contributed by atoms with Crippen LogP contribution in [0.15, 0.2) is 17.5 Å². The van der Waals surface area contributed by atoms with Crippen molar-refractivity contribution in [2.45, 2.75) is 52.4 Å². The van der Waals surface area contributed by atoms with Gasteiger partial charge in [-0.25, -0.2) is 4.79 Å². The molecule has 0 aromatic heterocycles. The SMILES string of the molecule is C/C=C/C(=O)O.CCCCCCCCON=O. The second kappa shape index (κ2) is 17.0. The molecule has 0 amide bonds. The number of carboxylic acids is 1. The molecule has 0 aliphatic rings. The molecule has 0 bridgehead atoms. The van der Waals surface area contributed by atoms with E-state index in [0.717, 1.165) is 18.9 Å². The van der Waals surface area contributed by atoms with Gasteiger partial charge in [0.25, 0.3) is 0 Å². The second-order valence-electron chi connectivity index (χ2n) is 3.51. The van der Waals surface area contributed by atoms with Crippen LogP contribution in [0, 0.1) is 4.91 Å². The Morgan fingerprint density at radius 2 is 1.82 bits per heavy atom. The van der Waals surface area contributed by atoms with Crippen LogP contribution in [0.2, 0.25) is 0 Å². The van der Waals surface area contributed by atoms with Crippen LogP contribution < -0.4 is 0 Å². The molecule has 5 heteroatoms. The van der Waals surface area contributed by atoms with E-state index < -0.39 is 5.97 Å². The van der Waals surface area contributed by atoms with Crippen LogP contribution in [0.3, 0.4) is 0 Å². The summed E-state index contributed by atoms with van der Waals surface area (Å²) in [7, 11) is 0. The van der Waals surface area contributed by atoms with Crippen molar-refractivity contribution in [2.24, 2.45) is 5.34 Å². The van der Waals surface area contributed by atoms with Gasteiger partial charge in [-0.15, -0.1) is 4.91 Å². The van der Waals surface area contributed by atoms with Gasteiger partial charge in [-0.05, 0) is 19.8 Å². The second-order valence-corrected chi connectivity index (χ2v) is 3.51. The Labute approximate surface area is 103 Å². The molecule has 0 saturated heterocycles. The van der Waals surface area contributed by atoms with Crippen molar-refractivity contribution < 1.29 is 14.7 Å². The van der Waals surface area contributed by atoms with Crippen LogP contribution in [0.1, 0.15) is 52.4 Å². The summed E-state index contributed by atoms with van der Waals surface area (Å²) in [6.45, 7) is 4.34. The number of nitrogens with zero attached hydrogens (tertiary/aromatic N) is 1. The molecule has 0 rings (SSSR count). The number of hydrogen-bond acceptors (Lipinski definition) is 4. The zero-order valence-corrected chi connectivity index (χ0v) is 10.7. The van der Waals surface area contributed by atoms with E-state index >= 15 is 0 Å². The lowest BCUT2D eigenvalue weighted by Crippen LogP contribution is -1.86. The third-order valence-corrected chi connectivity index (χ3v) is 1.95. The number of hydrogen-bond donors (Lipinski definition) is 1. The van der Waals surface area contributed by atoms with Gasteiger partial charge in [0.2, 0.25) is 0 Å². The average Bonchev–Trinajstić information content (AvgIpc) is 2.29. The summed E-state index contributed by atoms with van der Waals surface area (Å²) in [5, 5.41) is 10.1. The van der Waals surface area contributed by atoms with E-state index in [2.05, 4.69) is 17.1 Å². The Balaban J connectivity index is 0. The minimum absolute atomic E-state index is 0.482. The van der Waals surface area contributed by atoms with Gasteiger partial charge in [0.05, 0.1) is 0 Å². The third kappa shape index (κ3) is 25.2. The smallest absolute Gasteiger partial charge is 0.327 e. The molecule has 0 aromatic rings. The van der Waals surface area contributed by atoms with E-state index in [9.17, 15) is 9.70 Å². The van der Waals surface area contributed by atoms with Crippen LogP contribution in [0.4, 0.5) is 0 Å². The molecule has 100 valence electrons. The van der Waals surface area contributed by atoms with Gasteiger partial charge in [0.1, 0.15) is 6.61 Å². The van der Waals surface area contributed by atoms with Crippen molar-refractivity contribution in [1.29, 1.82) is 0 Å². The molecule has 0 radical (unpaired) electrons. The predicted octanol–water partition coefficient (Wildman–Crippen LogP) is 3.69. The van der Waals surface area contributed by atoms with Crippen molar-refractivity contribution in [3.05, 3.63) is 17.1 Å². The van der Waals surface area contributed by atoms with Gasteiger partial charge in [0, 0.05) is 6.08 Å². The first-order valence-corrected chi connectivity index (χ1v) is 5.99. The zero-order valence-electron chi connectivity index (χ0n) is 10.7. The predicted molar refractivity (Wildman–Crippen MR) is 67.6 cm³/mol. The van der Waals surface area contributed by atoms with Crippen molar-refractivity contribution in [2.75, 3.05) is 6.61 Å². The molecular formula is C12H23NO4. The molecule has 0 atom stereocenters. The molecule has 0 aliphatic carbocycles. The molecule has 0 aliphatic heterocycles. The van der Waals surface area contributed by atoms with E-state index in [-0.39, 0.29) is 0 Å². The summed E-state index contributed by atoms with van der Waals surface area (Å²) in [6, 6.07) is 0. The van der Waals surface area contributed by atoms with Crippen LogP contribution in [0.5, 0.6) is 0 Å². The number of carboxylic acid groups (broad SMARTS) is 1. The van der Waals surface area contributed by atoms with Crippen LogP contribution >= 0.6 is 0 Å². The van der Waals surface area contributed by atoms with Crippen LogP contribution in [-0.4, -0.2) is 17.7 Å². The van der Waals surface area contributed by atoms with Gasteiger partial charge >= 0.3 is 5.97 Å². The summed E-state index contributed by atoms with van der Waals surface area (Å²) in [5.74, 6) is -0.891. The average molecular weight is 245 g/mol. The first kappa shape index (κ1) is 18.0. The van der Waals surface area contributed by atoms with E-state index in [1.54, 1.807) is 6.92 Å². The fourth-order valence-corrected chi connectivity index (χ4v) is 1.13. The Bertz CT molecular complexity index is 205. The molecule has 0 fully saturated rings. The highest BCUT2D eigenvalue weighted by atomic mass is 16.7. The molecule has 0 saturated carbocycles. The summed E-state index contributed by atoms with van der Waals surface area (Å²) in [4.78, 5) is 23.3. The highest BCUT2D eigenvalue weighted by Gasteiger charge is 1.89.